The Bertz CT molecular complexity index is 664. The summed E-state index contributed by atoms with van der Waals surface area (Å²) in [5, 5.41) is 13.4. The average Bonchev–Trinajstić information content (AvgIpc) is 2.96. The van der Waals surface area contributed by atoms with Gasteiger partial charge in [-0.1, -0.05) is 6.92 Å². The van der Waals surface area contributed by atoms with Gasteiger partial charge in [-0.05, 0) is 13.3 Å². The minimum Gasteiger partial charge on any atom is -0.354 e. The molecule has 1 unspecified atom stereocenters. The molecular weight excluding hydrogens is 266 g/mol. The third kappa shape index (κ3) is 2.54. The third-order valence-corrected chi connectivity index (χ3v) is 3.98. The van der Waals surface area contributed by atoms with Gasteiger partial charge in [-0.2, -0.15) is 19.9 Å². The maximum Gasteiger partial charge on any atom is 0.254 e. The van der Waals surface area contributed by atoms with Gasteiger partial charge in [0.15, 0.2) is 0 Å². The molecule has 0 radical (unpaired) electrons. The van der Waals surface area contributed by atoms with Gasteiger partial charge in [-0.15, -0.1) is 0 Å². The van der Waals surface area contributed by atoms with Gasteiger partial charge in [0.2, 0.25) is 0 Å². The molecule has 1 aliphatic rings. The number of nitriles is 1. The zero-order valence-corrected chi connectivity index (χ0v) is 12.4. The summed E-state index contributed by atoms with van der Waals surface area (Å²) in [5.74, 6) is 1.66. The molecule has 1 aliphatic heterocycles. The van der Waals surface area contributed by atoms with E-state index in [4.69, 9.17) is 0 Å². The smallest absolute Gasteiger partial charge is 0.254 e. The lowest BCUT2D eigenvalue weighted by molar-refractivity contribution is 0.215. The zero-order chi connectivity index (χ0) is 14.8. The summed E-state index contributed by atoms with van der Waals surface area (Å²) in [6, 6.07) is 4.45. The predicted octanol–water partition coefficient (Wildman–Crippen LogP) is 0.857. The first kappa shape index (κ1) is 13.8. The largest absolute Gasteiger partial charge is 0.354 e. The van der Waals surface area contributed by atoms with E-state index in [9.17, 15) is 5.26 Å². The number of rotatable bonds is 3. The molecule has 110 valence electrons. The minimum absolute atomic E-state index is 0.0257. The van der Waals surface area contributed by atoms with Gasteiger partial charge in [0.25, 0.3) is 5.78 Å². The Kier molecular flexibility index (Phi) is 3.71. The molecule has 0 aliphatic carbocycles. The molecule has 0 saturated carbocycles. The lowest BCUT2D eigenvalue weighted by Crippen LogP contribution is -2.50. The molecule has 21 heavy (non-hydrogen) atoms. The van der Waals surface area contributed by atoms with Crippen molar-refractivity contribution < 1.29 is 0 Å². The Hall–Kier alpha value is -2.20. The van der Waals surface area contributed by atoms with Crippen molar-refractivity contribution in [3.05, 3.63) is 18.1 Å². The van der Waals surface area contributed by atoms with E-state index < -0.39 is 0 Å². The molecule has 7 nitrogen and oxygen atoms in total. The van der Waals surface area contributed by atoms with Crippen LogP contribution in [-0.4, -0.2) is 56.7 Å². The fourth-order valence-corrected chi connectivity index (χ4v) is 2.83. The Morgan fingerprint density at radius 3 is 2.76 bits per heavy atom. The molecule has 7 heteroatoms. The number of piperazine rings is 1. The first-order chi connectivity index (χ1) is 10.2. The summed E-state index contributed by atoms with van der Waals surface area (Å²) in [6.07, 6.45) is 2.41. The average molecular weight is 285 g/mol. The lowest BCUT2D eigenvalue weighted by atomic mass is 10.2. The minimum atomic E-state index is 0.0257. The van der Waals surface area contributed by atoms with E-state index in [2.05, 4.69) is 37.9 Å². The number of fused-ring (bicyclic) bond motifs is 1. The maximum atomic E-state index is 9.18. The Morgan fingerprint density at radius 2 is 2.10 bits per heavy atom. The van der Waals surface area contributed by atoms with Crippen LogP contribution in [0.15, 0.2) is 12.4 Å². The van der Waals surface area contributed by atoms with Gasteiger partial charge >= 0.3 is 0 Å². The van der Waals surface area contributed by atoms with Gasteiger partial charge in [-0.3, -0.25) is 4.90 Å². The maximum absolute atomic E-state index is 9.18. The van der Waals surface area contributed by atoms with Crippen LogP contribution in [-0.2, 0) is 0 Å². The molecule has 1 atom stereocenters. The first-order valence-corrected chi connectivity index (χ1v) is 7.29. The van der Waals surface area contributed by atoms with Crippen molar-refractivity contribution >= 4 is 11.6 Å². The molecule has 1 saturated heterocycles. The molecule has 0 bridgehead atoms. The first-order valence-electron chi connectivity index (χ1n) is 7.29. The van der Waals surface area contributed by atoms with Crippen LogP contribution < -0.4 is 4.90 Å². The number of hydrogen-bond donors (Lipinski definition) is 0. The second kappa shape index (κ2) is 5.66. The van der Waals surface area contributed by atoms with Crippen molar-refractivity contribution in [2.45, 2.75) is 26.3 Å². The SMILES string of the molecule is CCC(C#N)N1CCN(c2cc(C)nc3ncnn23)CC1. The second-order valence-corrected chi connectivity index (χ2v) is 5.30. The van der Waals surface area contributed by atoms with Crippen molar-refractivity contribution in [3.8, 4) is 6.07 Å². The van der Waals surface area contributed by atoms with Crippen molar-refractivity contribution in [3.63, 3.8) is 0 Å². The van der Waals surface area contributed by atoms with E-state index >= 15 is 0 Å². The van der Waals surface area contributed by atoms with Crippen LogP contribution in [0, 0.1) is 18.3 Å². The number of nitrogens with zero attached hydrogens (tertiary/aromatic N) is 7. The Balaban J connectivity index is 1.80. The van der Waals surface area contributed by atoms with Crippen molar-refractivity contribution in [1.82, 2.24) is 24.5 Å². The third-order valence-electron chi connectivity index (χ3n) is 3.98. The topological polar surface area (TPSA) is 73.3 Å². The van der Waals surface area contributed by atoms with Gasteiger partial charge in [0.05, 0.1) is 12.1 Å². The van der Waals surface area contributed by atoms with E-state index in [1.165, 1.54) is 6.33 Å². The van der Waals surface area contributed by atoms with Crippen LogP contribution in [0.5, 0.6) is 0 Å². The quantitative estimate of drug-likeness (QED) is 0.832. The van der Waals surface area contributed by atoms with Gasteiger partial charge in [0, 0.05) is 37.9 Å². The van der Waals surface area contributed by atoms with Crippen LogP contribution in [0.1, 0.15) is 19.0 Å². The van der Waals surface area contributed by atoms with Gasteiger partial charge in [0.1, 0.15) is 12.1 Å². The highest BCUT2D eigenvalue weighted by atomic mass is 15.4. The van der Waals surface area contributed by atoms with Crippen molar-refractivity contribution in [1.29, 1.82) is 5.26 Å². The van der Waals surface area contributed by atoms with E-state index in [1.807, 2.05) is 13.0 Å². The van der Waals surface area contributed by atoms with Crippen LogP contribution in [0.2, 0.25) is 0 Å². The molecule has 2 aromatic heterocycles. The monoisotopic (exact) mass is 285 g/mol. The number of aryl methyl sites for hydroxylation is 1. The summed E-state index contributed by atoms with van der Waals surface area (Å²) >= 11 is 0. The molecule has 1 fully saturated rings. The fraction of sp³-hybridized carbons (Fsp3) is 0.571. The highest BCUT2D eigenvalue weighted by molar-refractivity contribution is 5.47. The summed E-state index contributed by atoms with van der Waals surface area (Å²) in [7, 11) is 0. The van der Waals surface area contributed by atoms with E-state index in [0.29, 0.717) is 5.78 Å². The number of hydrogen-bond acceptors (Lipinski definition) is 6. The highest BCUT2D eigenvalue weighted by Gasteiger charge is 2.24. The van der Waals surface area contributed by atoms with E-state index in [-0.39, 0.29) is 6.04 Å². The van der Waals surface area contributed by atoms with E-state index in [0.717, 1.165) is 44.1 Å². The van der Waals surface area contributed by atoms with Crippen molar-refractivity contribution in [2.75, 3.05) is 31.1 Å². The Morgan fingerprint density at radius 1 is 1.33 bits per heavy atom. The summed E-state index contributed by atoms with van der Waals surface area (Å²) < 4.78 is 1.78. The van der Waals surface area contributed by atoms with Gasteiger partial charge in [-0.25, -0.2) is 4.98 Å². The predicted molar refractivity (Wildman–Crippen MR) is 79.0 cm³/mol. The summed E-state index contributed by atoms with van der Waals surface area (Å²) in [6.45, 7) is 7.59. The zero-order valence-electron chi connectivity index (χ0n) is 12.4. The molecular formula is C14H19N7. The highest BCUT2D eigenvalue weighted by Crippen LogP contribution is 2.19. The number of anilines is 1. The normalized spacial score (nSPS) is 17.9. The molecule has 0 spiro atoms. The standard InChI is InChI=1S/C14H19N7/c1-3-12(9-15)19-4-6-20(7-5-19)13-8-11(2)18-14-16-10-17-21(13)14/h8,10,12H,3-7H2,1-2H3. The second-order valence-electron chi connectivity index (χ2n) is 5.30. The molecule has 3 rings (SSSR count). The van der Waals surface area contributed by atoms with Crippen LogP contribution in [0.3, 0.4) is 0 Å². The van der Waals surface area contributed by atoms with Crippen LogP contribution in [0.4, 0.5) is 5.82 Å². The summed E-state index contributed by atoms with van der Waals surface area (Å²) in [4.78, 5) is 13.1. The van der Waals surface area contributed by atoms with Crippen molar-refractivity contribution in [2.24, 2.45) is 0 Å². The van der Waals surface area contributed by atoms with Crippen LogP contribution in [0.25, 0.3) is 5.78 Å². The van der Waals surface area contributed by atoms with Gasteiger partial charge < -0.3 is 4.90 Å². The fourth-order valence-electron chi connectivity index (χ4n) is 2.83. The van der Waals surface area contributed by atoms with Crippen LogP contribution >= 0.6 is 0 Å². The molecule has 0 aromatic carbocycles. The molecule has 3 heterocycles. The molecule has 0 amide bonds. The number of aromatic nitrogens is 4. The molecule has 0 N–H and O–H groups in total. The Labute approximate surface area is 123 Å². The lowest BCUT2D eigenvalue weighted by Gasteiger charge is -2.37. The van der Waals surface area contributed by atoms with E-state index in [1.54, 1.807) is 4.52 Å². The summed E-state index contributed by atoms with van der Waals surface area (Å²) in [5.41, 5.74) is 0.941. The molecule has 2 aromatic rings.